The van der Waals surface area contributed by atoms with E-state index in [0.29, 0.717) is 10.9 Å². The second-order valence-electron chi connectivity index (χ2n) is 2.02. The molecule has 0 unspecified atom stereocenters. The van der Waals surface area contributed by atoms with E-state index in [4.69, 9.17) is 0 Å². The number of alkyl halides is 2. The first-order chi connectivity index (χ1) is 5.05. The summed E-state index contributed by atoms with van der Waals surface area (Å²) in [4.78, 5) is 4.44. The molecule has 0 aromatic carbocycles. The summed E-state index contributed by atoms with van der Waals surface area (Å²) in [5, 5.41) is 0. The van der Waals surface area contributed by atoms with Crippen molar-refractivity contribution in [2.24, 2.45) is 0 Å². The van der Waals surface area contributed by atoms with Crippen molar-refractivity contribution >= 4 is 10.0 Å². The van der Waals surface area contributed by atoms with E-state index in [1.165, 1.54) is 0 Å². The zero-order valence-electron chi connectivity index (χ0n) is 5.53. The highest BCUT2D eigenvalue weighted by atomic mass is 32.2. The summed E-state index contributed by atoms with van der Waals surface area (Å²) >= 11 is 0. The minimum absolute atomic E-state index is 0.0205. The van der Waals surface area contributed by atoms with Gasteiger partial charge in [0.1, 0.15) is 0 Å². The molecule has 66 valence electrons. The number of nitrogens with zero attached hydrogens (tertiary/aromatic N) is 1. The Balaban J connectivity index is 2.72. The highest BCUT2D eigenvalue weighted by Crippen LogP contribution is 2.16. The van der Waals surface area contributed by atoms with E-state index in [9.17, 15) is 17.2 Å². The molecule has 0 amide bonds. The third-order valence-corrected chi connectivity index (χ3v) is 2.54. The first-order valence-electron chi connectivity index (χ1n) is 2.98. The Kier molecular flexibility index (Phi) is 2.40. The zero-order chi connectivity index (χ0) is 8.48. The number of hydrogen-bond acceptors (Lipinski definition) is 3. The van der Waals surface area contributed by atoms with Gasteiger partial charge in [-0.25, -0.2) is 8.42 Å². The van der Waals surface area contributed by atoms with E-state index in [0.717, 1.165) is 0 Å². The second kappa shape index (κ2) is 3.00. The van der Waals surface area contributed by atoms with Gasteiger partial charge >= 0.3 is 5.76 Å². The molecule has 1 saturated heterocycles. The fourth-order valence-corrected chi connectivity index (χ4v) is 1.50. The third kappa shape index (κ3) is 1.66. The topological polar surface area (TPSA) is 46.6 Å². The van der Waals surface area contributed by atoms with Crippen LogP contribution in [0.15, 0.2) is 0 Å². The van der Waals surface area contributed by atoms with Gasteiger partial charge in [0.15, 0.2) is 0 Å². The molecule has 0 spiro atoms. The van der Waals surface area contributed by atoms with Crippen LogP contribution >= 0.6 is 0 Å². The standard InChI is InChI=1S/C4H7F2NO3S/c5-4(6)11(8,9)7-2-1-3-10-7/h4H,1-3H2. The van der Waals surface area contributed by atoms with E-state index in [1.807, 2.05) is 0 Å². The Bertz CT molecular complexity index is 221. The molecule has 1 aliphatic heterocycles. The van der Waals surface area contributed by atoms with Crippen LogP contribution < -0.4 is 0 Å². The van der Waals surface area contributed by atoms with Gasteiger partial charge in [-0.15, -0.1) is 0 Å². The monoisotopic (exact) mass is 187 g/mol. The van der Waals surface area contributed by atoms with Gasteiger partial charge in [-0.05, 0) is 6.42 Å². The molecule has 0 aromatic rings. The van der Waals surface area contributed by atoms with Crippen LogP contribution in [0.4, 0.5) is 8.78 Å². The zero-order valence-corrected chi connectivity index (χ0v) is 6.35. The highest BCUT2D eigenvalue weighted by molar-refractivity contribution is 7.89. The van der Waals surface area contributed by atoms with Crippen LogP contribution in [0.1, 0.15) is 6.42 Å². The average molecular weight is 187 g/mol. The quantitative estimate of drug-likeness (QED) is 0.619. The molecule has 1 rings (SSSR count). The van der Waals surface area contributed by atoms with Crippen molar-refractivity contribution in [1.29, 1.82) is 0 Å². The fourth-order valence-electron chi connectivity index (χ4n) is 0.714. The van der Waals surface area contributed by atoms with Crippen LogP contribution in [-0.2, 0) is 14.9 Å². The van der Waals surface area contributed by atoms with Crippen molar-refractivity contribution in [3.05, 3.63) is 0 Å². The first-order valence-corrected chi connectivity index (χ1v) is 4.48. The van der Waals surface area contributed by atoms with Crippen molar-refractivity contribution < 1.29 is 22.0 Å². The lowest BCUT2D eigenvalue weighted by Crippen LogP contribution is -2.31. The summed E-state index contributed by atoms with van der Waals surface area (Å²) in [6.45, 7) is 0.207. The Morgan fingerprint density at radius 2 is 2.09 bits per heavy atom. The van der Waals surface area contributed by atoms with Crippen LogP contribution in [0.3, 0.4) is 0 Å². The molecule has 1 heterocycles. The lowest BCUT2D eigenvalue weighted by atomic mass is 10.5. The number of halogens is 2. The molecule has 1 fully saturated rings. The Labute approximate surface area is 62.7 Å². The normalized spacial score (nSPS) is 21.4. The SMILES string of the molecule is O=S(=O)(C(F)F)N1CCCO1. The van der Waals surface area contributed by atoms with Crippen LogP contribution in [-0.4, -0.2) is 31.8 Å². The number of sulfonamides is 1. The Morgan fingerprint density at radius 3 is 2.45 bits per heavy atom. The van der Waals surface area contributed by atoms with E-state index in [2.05, 4.69) is 4.84 Å². The number of hydrogen-bond donors (Lipinski definition) is 0. The van der Waals surface area contributed by atoms with Gasteiger partial charge in [0.05, 0.1) is 6.61 Å². The summed E-state index contributed by atoms with van der Waals surface area (Å²) in [5.74, 6) is -3.39. The summed E-state index contributed by atoms with van der Waals surface area (Å²) in [6, 6.07) is 0. The largest absolute Gasteiger partial charge is 0.352 e. The number of rotatable bonds is 2. The minimum atomic E-state index is -4.50. The predicted octanol–water partition coefficient (Wildman–Crippen LogP) is 0.176. The van der Waals surface area contributed by atoms with Gasteiger partial charge in [0.25, 0.3) is 10.0 Å². The molecule has 7 heteroatoms. The molecule has 1 aliphatic rings. The molecular weight excluding hydrogens is 180 g/mol. The van der Waals surface area contributed by atoms with Gasteiger partial charge in [-0.2, -0.15) is 8.78 Å². The Morgan fingerprint density at radius 1 is 1.45 bits per heavy atom. The molecule has 0 saturated carbocycles. The second-order valence-corrected chi connectivity index (χ2v) is 3.81. The maximum Gasteiger partial charge on any atom is 0.352 e. The van der Waals surface area contributed by atoms with Crippen molar-refractivity contribution in [2.75, 3.05) is 13.2 Å². The van der Waals surface area contributed by atoms with E-state index < -0.39 is 15.8 Å². The minimum Gasteiger partial charge on any atom is -0.284 e. The van der Waals surface area contributed by atoms with Gasteiger partial charge < -0.3 is 0 Å². The average Bonchev–Trinajstić information content (AvgIpc) is 2.37. The maximum absolute atomic E-state index is 11.8. The van der Waals surface area contributed by atoms with E-state index in [1.54, 1.807) is 0 Å². The number of hydroxylamine groups is 1. The molecule has 0 radical (unpaired) electrons. The molecule has 0 atom stereocenters. The summed E-state index contributed by atoms with van der Waals surface area (Å²) in [5.41, 5.74) is 0. The summed E-state index contributed by atoms with van der Waals surface area (Å²) < 4.78 is 45.0. The lowest BCUT2D eigenvalue weighted by Gasteiger charge is -2.12. The van der Waals surface area contributed by atoms with E-state index in [-0.39, 0.29) is 13.2 Å². The molecule has 0 aromatic heterocycles. The van der Waals surface area contributed by atoms with Crippen molar-refractivity contribution in [3.8, 4) is 0 Å². The van der Waals surface area contributed by atoms with Crippen LogP contribution in [0.5, 0.6) is 0 Å². The van der Waals surface area contributed by atoms with Gasteiger partial charge in [0, 0.05) is 6.54 Å². The molecule has 11 heavy (non-hydrogen) atoms. The molecular formula is C4H7F2NO3S. The summed E-state index contributed by atoms with van der Waals surface area (Å²) in [6.07, 6.45) is 0.464. The molecule has 0 bridgehead atoms. The molecule has 0 aliphatic carbocycles. The first kappa shape index (κ1) is 8.82. The predicted molar refractivity (Wildman–Crippen MR) is 32.2 cm³/mol. The van der Waals surface area contributed by atoms with Gasteiger partial charge in [0.2, 0.25) is 0 Å². The highest BCUT2D eigenvalue weighted by Gasteiger charge is 2.35. The van der Waals surface area contributed by atoms with Crippen molar-refractivity contribution in [3.63, 3.8) is 0 Å². The van der Waals surface area contributed by atoms with Crippen LogP contribution in [0.2, 0.25) is 0 Å². The maximum atomic E-state index is 11.8. The van der Waals surface area contributed by atoms with Crippen molar-refractivity contribution in [1.82, 2.24) is 4.47 Å². The lowest BCUT2D eigenvalue weighted by molar-refractivity contribution is -0.0340. The Hall–Kier alpha value is -0.270. The fraction of sp³-hybridized carbons (Fsp3) is 1.00. The van der Waals surface area contributed by atoms with Crippen LogP contribution in [0.25, 0.3) is 0 Å². The van der Waals surface area contributed by atoms with Crippen LogP contribution in [0, 0.1) is 0 Å². The summed E-state index contributed by atoms with van der Waals surface area (Å²) in [7, 11) is -4.50. The molecule has 0 N–H and O–H groups in total. The molecule has 4 nitrogen and oxygen atoms in total. The van der Waals surface area contributed by atoms with Gasteiger partial charge in [-0.1, -0.05) is 4.47 Å². The third-order valence-electron chi connectivity index (χ3n) is 1.23. The smallest absolute Gasteiger partial charge is 0.284 e. The van der Waals surface area contributed by atoms with Gasteiger partial charge in [-0.3, -0.25) is 4.84 Å². The van der Waals surface area contributed by atoms with Crippen molar-refractivity contribution in [2.45, 2.75) is 12.2 Å². The van der Waals surface area contributed by atoms with E-state index >= 15 is 0 Å².